The van der Waals surface area contributed by atoms with E-state index in [9.17, 15) is 10.0 Å². The lowest BCUT2D eigenvalue weighted by Gasteiger charge is -2.32. The van der Waals surface area contributed by atoms with Gasteiger partial charge in [0.1, 0.15) is 5.60 Å². The molecule has 1 amide bonds. The summed E-state index contributed by atoms with van der Waals surface area (Å²) in [4.78, 5) is 13.7. The molecule has 0 N–H and O–H groups in total. The van der Waals surface area contributed by atoms with E-state index in [1.165, 1.54) is 6.20 Å². The lowest BCUT2D eigenvalue weighted by atomic mass is 9.93. The highest BCUT2D eigenvalue weighted by Gasteiger charge is 2.30. The van der Waals surface area contributed by atoms with Crippen LogP contribution < -0.4 is 4.73 Å². The largest absolute Gasteiger partial charge is 0.618 e. The number of carbonyl (C=O) groups is 1. The molecule has 5 heteroatoms. The maximum Gasteiger partial charge on any atom is 0.410 e. The van der Waals surface area contributed by atoms with Crippen molar-refractivity contribution in [3.63, 3.8) is 0 Å². The third-order valence-electron chi connectivity index (χ3n) is 3.42. The average Bonchev–Trinajstić information content (AvgIpc) is 2.37. The summed E-state index contributed by atoms with van der Waals surface area (Å²) in [6.07, 6.45) is 2.85. The van der Waals surface area contributed by atoms with Crippen molar-refractivity contribution < 1.29 is 14.3 Å². The number of amides is 1. The topological polar surface area (TPSA) is 56.5 Å². The molecule has 0 unspecified atom stereocenters. The van der Waals surface area contributed by atoms with Crippen molar-refractivity contribution in [2.45, 2.75) is 45.1 Å². The molecule has 1 saturated heterocycles. The Bertz CT molecular complexity index is 474. The summed E-state index contributed by atoms with van der Waals surface area (Å²) in [5.74, 6) is 0.215. The average molecular weight is 278 g/mol. The molecule has 2 rings (SSSR count). The number of rotatable bonds is 1. The molecular formula is C15H22N2O3. The fourth-order valence-electron chi connectivity index (χ4n) is 2.44. The predicted octanol–water partition coefficient (Wildman–Crippen LogP) is 2.43. The number of hydrogen-bond acceptors (Lipinski definition) is 3. The van der Waals surface area contributed by atoms with Crippen LogP contribution in [-0.4, -0.2) is 29.7 Å². The molecule has 1 aliphatic heterocycles. The quantitative estimate of drug-likeness (QED) is 0.585. The van der Waals surface area contributed by atoms with Gasteiger partial charge < -0.3 is 14.8 Å². The number of likely N-dealkylation sites (tertiary alicyclic amines) is 1. The van der Waals surface area contributed by atoms with Crippen molar-refractivity contribution in [2.75, 3.05) is 13.1 Å². The molecule has 0 saturated carbocycles. The minimum atomic E-state index is -0.467. The molecule has 0 radical (unpaired) electrons. The molecular weight excluding hydrogens is 256 g/mol. The van der Waals surface area contributed by atoms with Crippen LogP contribution in [-0.2, 0) is 4.74 Å². The smallest absolute Gasteiger partial charge is 0.410 e. The van der Waals surface area contributed by atoms with E-state index in [0.717, 1.165) is 23.3 Å². The molecule has 2 heterocycles. The van der Waals surface area contributed by atoms with Crippen molar-refractivity contribution in [1.82, 2.24) is 4.90 Å². The second-order valence-corrected chi connectivity index (χ2v) is 6.19. The van der Waals surface area contributed by atoms with Gasteiger partial charge in [-0.3, -0.25) is 0 Å². The summed E-state index contributed by atoms with van der Waals surface area (Å²) < 4.78 is 6.29. The summed E-state index contributed by atoms with van der Waals surface area (Å²) in [6, 6.07) is 5.47. The number of ether oxygens (including phenoxy) is 1. The van der Waals surface area contributed by atoms with E-state index in [-0.39, 0.29) is 12.0 Å². The van der Waals surface area contributed by atoms with E-state index < -0.39 is 5.60 Å². The monoisotopic (exact) mass is 278 g/mol. The van der Waals surface area contributed by atoms with Crippen molar-refractivity contribution in [3.05, 3.63) is 35.3 Å². The molecule has 0 aliphatic carbocycles. The van der Waals surface area contributed by atoms with Gasteiger partial charge in [0.05, 0.1) is 0 Å². The molecule has 0 atom stereocenters. The second kappa shape index (κ2) is 5.69. The van der Waals surface area contributed by atoms with Crippen LogP contribution in [0, 0.1) is 5.21 Å². The number of piperidine rings is 1. The normalized spacial score (nSPS) is 17.1. The van der Waals surface area contributed by atoms with Gasteiger partial charge in [-0.15, -0.1) is 0 Å². The number of carbonyl (C=O) groups excluding carboxylic acids is 1. The zero-order valence-electron chi connectivity index (χ0n) is 12.3. The van der Waals surface area contributed by atoms with Gasteiger partial charge >= 0.3 is 6.09 Å². The van der Waals surface area contributed by atoms with Gasteiger partial charge in [-0.2, -0.15) is 4.73 Å². The van der Waals surface area contributed by atoms with Crippen LogP contribution in [0.25, 0.3) is 0 Å². The van der Waals surface area contributed by atoms with Crippen molar-refractivity contribution in [2.24, 2.45) is 0 Å². The Morgan fingerprint density at radius 2 is 2.00 bits per heavy atom. The molecule has 20 heavy (non-hydrogen) atoms. The second-order valence-electron chi connectivity index (χ2n) is 6.19. The highest BCUT2D eigenvalue weighted by Crippen LogP contribution is 2.26. The molecule has 1 aromatic rings. The first-order valence-electron chi connectivity index (χ1n) is 7.03. The van der Waals surface area contributed by atoms with Gasteiger partial charge in [-0.1, -0.05) is 6.07 Å². The van der Waals surface area contributed by atoms with E-state index in [2.05, 4.69) is 0 Å². The highest BCUT2D eigenvalue weighted by atomic mass is 16.6. The molecule has 1 fully saturated rings. The zero-order valence-corrected chi connectivity index (χ0v) is 12.3. The van der Waals surface area contributed by atoms with Crippen molar-refractivity contribution >= 4 is 6.09 Å². The first kappa shape index (κ1) is 14.6. The molecule has 0 spiro atoms. The fourth-order valence-corrected chi connectivity index (χ4v) is 2.44. The molecule has 1 aromatic heterocycles. The number of aromatic nitrogens is 1. The number of hydrogen-bond donors (Lipinski definition) is 0. The first-order chi connectivity index (χ1) is 9.37. The minimum Gasteiger partial charge on any atom is -0.618 e. The van der Waals surface area contributed by atoms with Gasteiger partial charge in [0.15, 0.2) is 11.9 Å². The maximum absolute atomic E-state index is 12.0. The van der Waals surface area contributed by atoms with E-state index in [4.69, 9.17) is 4.74 Å². The van der Waals surface area contributed by atoms with Crippen LogP contribution in [0.3, 0.4) is 0 Å². The van der Waals surface area contributed by atoms with Gasteiger partial charge in [0.2, 0.25) is 0 Å². The number of nitrogens with zero attached hydrogens (tertiary/aromatic N) is 2. The predicted molar refractivity (Wildman–Crippen MR) is 75.2 cm³/mol. The Balaban J connectivity index is 1.93. The van der Waals surface area contributed by atoms with Gasteiger partial charge in [0, 0.05) is 31.1 Å². The van der Waals surface area contributed by atoms with Gasteiger partial charge in [-0.05, 0) is 33.6 Å². The number of pyridine rings is 1. The van der Waals surface area contributed by atoms with Crippen LogP contribution in [0.5, 0.6) is 0 Å². The fraction of sp³-hybridized carbons (Fsp3) is 0.600. The maximum atomic E-state index is 12.0. The Morgan fingerprint density at radius 3 is 2.55 bits per heavy atom. The summed E-state index contributed by atoms with van der Waals surface area (Å²) >= 11 is 0. The third kappa shape index (κ3) is 3.62. The first-order valence-corrected chi connectivity index (χ1v) is 7.03. The van der Waals surface area contributed by atoms with Crippen LogP contribution >= 0.6 is 0 Å². The van der Waals surface area contributed by atoms with E-state index in [1.807, 2.05) is 32.9 Å². The van der Waals surface area contributed by atoms with Crippen LogP contribution in [0.4, 0.5) is 4.79 Å². The minimum absolute atomic E-state index is 0.215. The Labute approximate surface area is 119 Å². The molecule has 110 valence electrons. The molecule has 5 nitrogen and oxygen atoms in total. The van der Waals surface area contributed by atoms with Crippen LogP contribution in [0.1, 0.15) is 45.2 Å². The Hall–Kier alpha value is -1.78. The SMILES string of the molecule is CC(C)(C)OC(=O)N1CCC(c2cccc[n+]2[O-])CC1. The molecule has 0 bridgehead atoms. The lowest BCUT2D eigenvalue weighted by molar-refractivity contribution is -0.616. The van der Waals surface area contributed by atoms with Gasteiger partial charge in [0.25, 0.3) is 0 Å². The van der Waals surface area contributed by atoms with Crippen LogP contribution in [0.2, 0.25) is 0 Å². The molecule has 0 aromatic carbocycles. The van der Waals surface area contributed by atoms with Crippen LogP contribution in [0.15, 0.2) is 24.4 Å². The summed E-state index contributed by atoms with van der Waals surface area (Å²) in [7, 11) is 0. The third-order valence-corrected chi connectivity index (χ3v) is 3.42. The summed E-state index contributed by atoms with van der Waals surface area (Å²) in [5, 5.41) is 11.7. The van der Waals surface area contributed by atoms with E-state index in [0.29, 0.717) is 13.1 Å². The van der Waals surface area contributed by atoms with Crippen molar-refractivity contribution in [1.29, 1.82) is 0 Å². The van der Waals surface area contributed by atoms with E-state index in [1.54, 1.807) is 11.0 Å². The zero-order chi connectivity index (χ0) is 14.8. The van der Waals surface area contributed by atoms with E-state index >= 15 is 0 Å². The lowest BCUT2D eigenvalue weighted by Crippen LogP contribution is -2.43. The van der Waals surface area contributed by atoms with Gasteiger partial charge in [-0.25, -0.2) is 4.79 Å². The summed E-state index contributed by atoms with van der Waals surface area (Å²) in [6.45, 7) is 6.86. The standard InChI is InChI=1S/C15H22N2O3/c1-15(2,3)20-14(18)16-10-7-12(8-11-16)13-6-4-5-9-17(13)19/h4-6,9,12H,7-8,10-11H2,1-3H3. The summed E-state index contributed by atoms with van der Waals surface area (Å²) in [5.41, 5.74) is 0.321. The molecule has 1 aliphatic rings. The van der Waals surface area contributed by atoms with Crippen molar-refractivity contribution in [3.8, 4) is 0 Å². The Kier molecular flexibility index (Phi) is 4.16. The Morgan fingerprint density at radius 1 is 1.35 bits per heavy atom. The highest BCUT2D eigenvalue weighted by molar-refractivity contribution is 5.68.